The number of carbonyl (C=O) groups is 2. The molecular weight excluding hydrogens is 672 g/mol. The number of aliphatic imine (C=N–C) groups is 1. The van der Waals surface area contributed by atoms with Crippen molar-refractivity contribution in [3.05, 3.63) is 47.0 Å². The maximum Gasteiger partial charge on any atom is 0.281 e. The van der Waals surface area contributed by atoms with Crippen molar-refractivity contribution in [2.75, 3.05) is 40.0 Å². The summed E-state index contributed by atoms with van der Waals surface area (Å²) >= 11 is 6.57. The topological polar surface area (TPSA) is 119 Å². The number of Topliss-reactive ketones (excluding diaryl/α,β-unsaturated/α-hetero) is 1. The molecule has 2 aromatic rings. The van der Waals surface area contributed by atoms with Gasteiger partial charge in [0, 0.05) is 18.8 Å². The zero-order valence-corrected chi connectivity index (χ0v) is 32.5. The van der Waals surface area contributed by atoms with Crippen LogP contribution < -0.4 is 14.5 Å². The number of halogens is 1. The monoisotopic (exact) mass is 730 g/mol. The largest absolute Gasteiger partial charge is 0.395 e. The van der Waals surface area contributed by atoms with Gasteiger partial charge in [-0.3, -0.25) is 19.2 Å². The van der Waals surface area contributed by atoms with E-state index in [-0.39, 0.29) is 34.5 Å². The predicted octanol–water partition coefficient (Wildman–Crippen LogP) is 9.16. The second-order valence-electron chi connectivity index (χ2n) is 13.9. The van der Waals surface area contributed by atoms with Crippen LogP contribution in [-0.2, 0) is 19.6 Å². The zero-order chi connectivity index (χ0) is 36.7. The van der Waals surface area contributed by atoms with Crippen molar-refractivity contribution >= 4 is 61.8 Å². The van der Waals surface area contributed by atoms with Crippen molar-refractivity contribution in [1.82, 2.24) is 0 Å². The van der Waals surface area contributed by atoms with Crippen LogP contribution in [0.4, 0.5) is 22.7 Å². The number of likely N-dealkylation sites (N-methyl/N-ethyl adjacent to an activating group) is 1. The van der Waals surface area contributed by atoms with Crippen LogP contribution in [0.15, 0.2) is 41.4 Å². The van der Waals surface area contributed by atoms with Gasteiger partial charge >= 0.3 is 0 Å². The molecule has 1 fully saturated rings. The number of amides is 1. The number of hydrogen-bond acceptors (Lipinski definition) is 7. The van der Waals surface area contributed by atoms with Crippen LogP contribution in [0.2, 0.25) is 5.02 Å². The van der Waals surface area contributed by atoms with Gasteiger partial charge in [-0.05, 0) is 76.1 Å². The minimum atomic E-state index is -3.63. The minimum Gasteiger partial charge on any atom is -0.395 e. The third-order valence-corrected chi connectivity index (χ3v) is 11.2. The van der Waals surface area contributed by atoms with E-state index in [0.717, 1.165) is 30.5 Å². The highest BCUT2D eigenvalue weighted by atomic mass is 35.5. The predicted molar refractivity (Wildman–Crippen MR) is 209 cm³/mol. The first-order valence-corrected chi connectivity index (χ1v) is 20.6. The number of ketones is 1. The lowest BCUT2D eigenvalue weighted by Crippen LogP contribution is -2.44. The van der Waals surface area contributed by atoms with Gasteiger partial charge in [0.15, 0.2) is 5.71 Å². The molecule has 1 aliphatic rings. The molecule has 0 atom stereocenters. The Morgan fingerprint density at radius 3 is 1.98 bits per heavy atom. The molecule has 1 heterocycles. The molecule has 1 aliphatic heterocycles. The Balaban J connectivity index is 1.58. The maximum atomic E-state index is 13.8. The van der Waals surface area contributed by atoms with Crippen LogP contribution in [0, 0.1) is 6.92 Å². The first-order chi connectivity index (χ1) is 23.9. The van der Waals surface area contributed by atoms with Gasteiger partial charge in [0.2, 0.25) is 15.8 Å². The van der Waals surface area contributed by atoms with E-state index >= 15 is 0 Å². The number of carbonyl (C=O) groups excluding carboxylic acids is 2. The number of anilines is 3. The lowest BCUT2D eigenvalue weighted by molar-refractivity contribution is -0.116. The normalized spacial score (nSPS) is 15.3. The number of benzene rings is 2. The second-order valence-corrected chi connectivity index (χ2v) is 16.2. The standard InChI is InChI=1S/C39H59ClN4O5S/c1-6-8-9-10-11-12-13-14-15-16-17-18-19-20-27-50(48,49)42-31-21-23-33(40)35(29-31)44-38(47)36(37(46)39(44,4)5)41-34-24-22-32(28-30(34)3)43(7-2)25-26-45/h21-24,28-29,42,45H,6-20,25-27H2,1-5H3. The average Bonchev–Trinajstić information content (AvgIpc) is 3.23. The van der Waals surface area contributed by atoms with E-state index in [0.29, 0.717) is 25.2 Å². The Bertz CT molecular complexity index is 1560. The molecule has 0 saturated carbocycles. The van der Waals surface area contributed by atoms with E-state index in [9.17, 15) is 23.1 Å². The molecule has 0 aliphatic carbocycles. The number of aryl methyl sites for hydroxylation is 1. The Labute approximate surface area is 305 Å². The number of nitrogens with one attached hydrogen (secondary N) is 1. The van der Waals surface area contributed by atoms with Crippen LogP contribution in [-0.4, -0.2) is 61.9 Å². The fourth-order valence-corrected chi connectivity index (χ4v) is 7.87. The van der Waals surface area contributed by atoms with Crippen LogP contribution in [0.25, 0.3) is 0 Å². The number of hydrogen-bond donors (Lipinski definition) is 2. The number of unbranched alkanes of at least 4 members (excludes halogenated alkanes) is 13. The van der Waals surface area contributed by atoms with Crippen LogP contribution >= 0.6 is 11.6 Å². The van der Waals surface area contributed by atoms with Gasteiger partial charge in [0.05, 0.1) is 34.4 Å². The molecule has 11 heteroatoms. The average molecular weight is 731 g/mol. The Morgan fingerprint density at radius 2 is 1.44 bits per heavy atom. The highest BCUT2D eigenvalue weighted by Gasteiger charge is 2.52. The van der Waals surface area contributed by atoms with E-state index in [1.54, 1.807) is 26.0 Å². The third kappa shape index (κ3) is 11.8. The van der Waals surface area contributed by atoms with Crippen LogP contribution in [0.5, 0.6) is 0 Å². The summed E-state index contributed by atoms with van der Waals surface area (Å²) in [6.45, 7) is 10.6. The van der Waals surface area contributed by atoms with E-state index in [1.807, 2.05) is 30.9 Å². The number of nitrogens with zero attached hydrogens (tertiary/aromatic N) is 3. The summed E-state index contributed by atoms with van der Waals surface area (Å²) in [6, 6.07) is 10.1. The maximum absolute atomic E-state index is 13.8. The molecule has 2 N–H and O–H groups in total. The molecule has 50 heavy (non-hydrogen) atoms. The van der Waals surface area contributed by atoms with Crippen molar-refractivity contribution < 1.29 is 23.1 Å². The number of rotatable bonds is 23. The minimum absolute atomic E-state index is 0.000573. The van der Waals surface area contributed by atoms with E-state index in [2.05, 4.69) is 16.6 Å². The second kappa shape index (κ2) is 20.2. The number of sulfonamides is 1. The van der Waals surface area contributed by atoms with Gasteiger partial charge in [-0.15, -0.1) is 0 Å². The van der Waals surface area contributed by atoms with Crippen molar-refractivity contribution in [2.45, 2.75) is 130 Å². The van der Waals surface area contributed by atoms with Crippen molar-refractivity contribution in [3.63, 3.8) is 0 Å². The fourth-order valence-electron chi connectivity index (χ4n) is 6.49. The summed E-state index contributed by atoms with van der Waals surface area (Å²) in [4.78, 5) is 35.2. The van der Waals surface area contributed by atoms with Gasteiger partial charge in [-0.2, -0.15) is 0 Å². The lowest BCUT2D eigenvalue weighted by Gasteiger charge is -2.30. The molecule has 0 unspecified atom stereocenters. The SMILES string of the molecule is CCCCCCCCCCCCCCCCS(=O)(=O)Nc1ccc(Cl)c(N2C(=O)C(=Nc3ccc(N(CC)CCO)cc3C)C(=O)C2(C)C)c1. The molecule has 278 valence electrons. The molecular formula is C39H59ClN4O5S. The summed E-state index contributed by atoms with van der Waals surface area (Å²) < 4.78 is 28.6. The summed E-state index contributed by atoms with van der Waals surface area (Å²) in [7, 11) is -3.63. The van der Waals surface area contributed by atoms with E-state index in [4.69, 9.17) is 11.6 Å². The highest BCUT2D eigenvalue weighted by Crippen LogP contribution is 2.39. The fraction of sp³-hybridized carbons (Fsp3) is 0.615. The molecule has 1 saturated heterocycles. The van der Waals surface area contributed by atoms with Crippen molar-refractivity contribution in [3.8, 4) is 0 Å². The quantitative estimate of drug-likeness (QED) is 0.110. The van der Waals surface area contributed by atoms with Gasteiger partial charge < -0.3 is 10.0 Å². The Hall–Kier alpha value is -2.95. The van der Waals surface area contributed by atoms with Gasteiger partial charge in [0.25, 0.3) is 5.91 Å². The molecule has 0 spiro atoms. The van der Waals surface area contributed by atoms with Gasteiger partial charge in [0.1, 0.15) is 5.54 Å². The Kier molecular flexibility index (Phi) is 16.7. The summed E-state index contributed by atoms with van der Waals surface area (Å²) in [6.07, 6.45) is 16.7. The van der Waals surface area contributed by atoms with Crippen LogP contribution in [0.3, 0.4) is 0 Å². The lowest BCUT2D eigenvalue weighted by atomic mass is 9.99. The molecule has 3 rings (SSSR count). The third-order valence-electron chi connectivity index (χ3n) is 9.49. The van der Waals surface area contributed by atoms with Gasteiger partial charge in [-0.1, -0.05) is 102 Å². The number of aliphatic hydroxyl groups excluding tert-OH is 1. The summed E-state index contributed by atoms with van der Waals surface area (Å²) in [5, 5.41) is 9.59. The molecule has 2 aromatic carbocycles. The first kappa shape index (κ1) is 41.5. The van der Waals surface area contributed by atoms with Crippen LogP contribution in [0.1, 0.15) is 123 Å². The number of aliphatic hydroxyl groups is 1. The molecule has 9 nitrogen and oxygen atoms in total. The zero-order valence-electron chi connectivity index (χ0n) is 30.9. The summed E-state index contributed by atoms with van der Waals surface area (Å²) in [5.74, 6) is -1.06. The molecule has 0 aromatic heterocycles. The van der Waals surface area contributed by atoms with Gasteiger partial charge in [-0.25, -0.2) is 13.4 Å². The van der Waals surface area contributed by atoms with E-state index in [1.165, 1.54) is 81.2 Å². The van der Waals surface area contributed by atoms with E-state index < -0.39 is 27.3 Å². The first-order valence-electron chi connectivity index (χ1n) is 18.6. The van der Waals surface area contributed by atoms with Crippen molar-refractivity contribution in [2.24, 2.45) is 4.99 Å². The molecule has 0 bridgehead atoms. The molecule has 0 radical (unpaired) electrons. The smallest absolute Gasteiger partial charge is 0.281 e. The van der Waals surface area contributed by atoms with Crippen molar-refractivity contribution in [1.29, 1.82) is 0 Å². The highest BCUT2D eigenvalue weighted by molar-refractivity contribution is 7.92. The summed E-state index contributed by atoms with van der Waals surface area (Å²) in [5.41, 5.74) is 1.14. The Morgan fingerprint density at radius 1 is 0.860 bits per heavy atom. The molecule has 1 amide bonds.